The third kappa shape index (κ3) is 2.88. The van der Waals surface area contributed by atoms with Crippen molar-refractivity contribution in [2.24, 2.45) is 0 Å². The summed E-state index contributed by atoms with van der Waals surface area (Å²) >= 11 is 1.66. The van der Waals surface area contributed by atoms with Gasteiger partial charge in [-0.25, -0.2) is 18.6 Å². The second-order valence-corrected chi connectivity index (χ2v) is 3.91. The first-order valence-electron chi connectivity index (χ1n) is 4.56. The summed E-state index contributed by atoms with van der Waals surface area (Å²) in [4.78, 5) is 15.2. The van der Waals surface area contributed by atoms with E-state index in [9.17, 15) is 13.6 Å². The predicted octanol–water partition coefficient (Wildman–Crippen LogP) is 2.67. The van der Waals surface area contributed by atoms with Crippen molar-refractivity contribution in [3.63, 3.8) is 0 Å². The highest BCUT2D eigenvalue weighted by Crippen LogP contribution is 2.28. The van der Waals surface area contributed by atoms with E-state index >= 15 is 0 Å². The summed E-state index contributed by atoms with van der Waals surface area (Å²) in [5, 5.41) is 8.80. The first-order valence-corrected chi connectivity index (χ1v) is 5.64. The lowest BCUT2D eigenvalue weighted by Gasteiger charge is -2.10. The highest BCUT2D eigenvalue weighted by molar-refractivity contribution is 14.1. The number of hydrogen-bond donors (Lipinski definition) is 0. The molecule has 1 rings (SSSR count). The molecule has 0 aromatic carbocycles. The number of pyridine rings is 1. The second-order valence-electron chi connectivity index (χ2n) is 2.88. The Morgan fingerprint density at radius 1 is 1.71 bits per heavy atom. The molecule has 0 unspecified atom stereocenters. The quantitative estimate of drug-likeness (QED) is 0.477. The minimum Gasteiger partial charge on any atom is -0.462 e. The van der Waals surface area contributed by atoms with Gasteiger partial charge in [0.05, 0.1) is 23.3 Å². The fourth-order valence-corrected chi connectivity index (χ4v) is 1.76. The average molecular weight is 352 g/mol. The molecule has 0 atom stereocenters. The van der Waals surface area contributed by atoms with Crippen molar-refractivity contribution in [1.82, 2.24) is 4.98 Å². The van der Waals surface area contributed by atoms with Crippen LogP contribution in [0.5, 0.6) is 0 Å². The van der Waals surface area contributed by atoms with E-state index in [0.717, 1.165) is 6.20 Å². The van der Waals surface area contributed by atoms with Crippen molar-refractivity contribution in [1.29, 1.82) is 5.26 Å². The predicted molar refractivity (Wildman–Crippen MR) is 62.6 cm³/mol. The number of carbonyl (C=O) groups is 1. The highest BCUT2D eigenvalue weighted by Gasteiger charge is 2.25. The van der Waals surface area contributed by atoms with Crippen LogP contribution in [-0.4, -0.2) is 17.6 Å². The summed E-state index contributed by atoms with van der Waals surface area (Å²) in [5.74, 6) is -0.900. The minimum atomic E-state index is -2.93. The summed E-state index contributed by atoms with van der Waals surface area (Å²) in [6.45, 7) is 1.63. The van der Waals surface area contributed by atoms with Crippen LogP contribution in [0.25, 0.3) is 0 Å². The zero-order valence-corrected chi connectivity index (χ0v) is 10.9. The van der Waals surface area contributed by atoms with Gasteiger partial charge in [0.25, 0.3) is 6.43 Å². The minimum absolute atomic E-state index is 0.0649. The maximum absolute atomic E-state index is 12.9. The van der Waals surface area contributed by atoms with Crippen molar-refractivity contribution in [3.05, 3.63) is 26.6 Å². The van der Waals surface area contributed by atoms with Crippen LogP contribution in [0.15, 0.2) is 6.20 Å². The van der Waals surface area contributed by atoms with Gasteiger partial charge in [-0.2, -0.15) is 5.26 Å². The number of nitrogens with zero attached hydrogens (tertiary/aromatic N) is 2. The lowest BCUT2D eigenvalue weighted by molar-refractivity contribution is 0.0514. The maximum atomic E-state index is 12.9. The van der Waals surface area contributed by atoms with Gasteiger partial charge in [-0.05, 0) is 29.5 Å². The van der Waals surface area contributed by atoms with Gasteiger partial charge >= 0.3 is 5.97 Å². The number of alkyl halides is 2. The fourth-order valence-electron chi connectivity index (χ4n) is 1.21. The van der Waals surface area contributed by atoms with Gasteiger partial charge in [0.1, 0.15) is 9.77 Å². The highest BCUT2D eigenvalue weighted by atomic mass is 127. The van der Waals surface area contributed by atoms with Gasteiger partial charge in [-0.1, -0.05) is 0 Å². The molecule has 7 heteroatoms. The van der Waals surface area contributed by atoms with Gasteiger partial charge in [-0.3, -0.25) is 0 Å². The zero-order valence-electron chi connectivity index (χ0n) is 8.71. The molecule has 0 radical (unpaired) electrons. The van der Waals surface area contributed by atoms with Crippen molar-refractivity contribution >= 4 is 28.6 Å². The molecule has 90 valence electrons. The molecule has 1 aromatic rings. The first-order chi connectivity index (χ1) is 8.02. The molecule has 1 aromatic heterocycles. The van der Waals surface area contributed by atoms with Crippen LogP contribution in [0.2, 0.25) is 0 Å². The Balaban J connectivity index is 3.42. The molecule has 0 aliphatic carbocycles. The normalized spacial score (nSPS) is 10.1. The Labute approximate surface area is 110 Å². The molecule has 0 aliphatic rings. The Hall–Kier alpha value is -1.30. The smallest absolute Gasteiger partial charge is 0.340 e. The van der Waals surface area contributed by atoms with E-state index in [4.69, 9.17) is 5.26 Å². The lowest BCUT2D eigenvalue weighted by atomic mass is 10.1. The average Bonchev–Trinajstić information content (AvgIpc) is 2.28. The van der Waals surface area contributed by atoms with Crippen molar-refractivity contribution in [2.75, 3.05) is 6.61 Å². The van der Waals surface area contributed by atoms with Crippen LogP contribution in [-0.2, 0) is 4.74 Å². The molecule has 4 nitrogen and oxygen atoms in total. The number of aromatic nitrogens is 1. The monoisotopic (exact) mass is 352 g/mol. The van der Waals surface area contributed by atoms with Crippen LogP contribution in [0.1, 0.15) is 34.8 Å². The van der Waals surface area contributed by atoms with Crippen LogP contribution in [0.4, 0.5) is 8.78 Å². The molecule has 0 spiro atoms. The number of nitriles is 1. The third-order valence-corrected chi connectivity index (χ3v) is 2.72. The molecule has 17 heavy (non-hydrogen) atoms. The fraction of sp³-hybridized carbons (Fsp3) is 0.300. The standard InChI is InChI=1S/C10H7F2IN2O2/c1-2-17-10(16)6-4-15-9(13)5(3-14)7(6)8(11)12/h4,8H,2H2,1H3. The topological polar surface area (TPSA) is 63.0 Å². The second kappa shape index (κ2) is 5.86. The molecule has 0 aliphatic heterocycles. The molecule has 0 fully saturated rings. The largest absolute Gasteiger partial charge is 0.462 e. The molecule has 0 bridgehead atoms. The zero-order chi connectivity index (χ0) is 13.0. The number of rotatable bonds is 3. The molecular weight excluding hydrogens is 345 g/mol. The van der Waals surface area contributed by atoms with E-state index in [1.165, 1.54) is 0 Å². The van der Waals surface area contributed by atoms with Gasteiger partial charge in [0.2, 0.25) is 0 Å². The van der Waals surface area contributed by atoms with Crippen LogP contribution < -0.4 is 0 Å². The summed E-state index contributed by atoms with van der Waals surface area (Å²) in [6, 6.07) is 1.62. The van der Waals surface area contributed by atoms with Gasteiger partial charge in [0, 0.05) is 6.20 Å². The van der Waals surface area contributed by atoms with Gasteiger partial charge in [0.15, 0.2) is 0 Å². The van der Waals surface area contributed by atoms with Crippen LogP contribution in [0.3, 0.4) is 0 Å². The van der Waals surface area contributed by atoms with Gasteiger partial charge in [-0.15, -0.1) is 0 Å². The SMILES string of the molecule is CCOC(=O)c1cnc(I)c(C#N)c1C(F)F. The van der Waals surface area contributed by atoms with E-state index in [-0.39, 0.29) is 21.4 Å². The number of hydrogen-bond acceptors (Lipinski definition) is 4. The Kier molecular flexibility index (Phi) is 4.74. The summed E-state index contributed by atoms with van der Waals surface area (Å²) in [7, 11) is 0. The number of carbonyl (C=O) groups excluding carboxylic acids is 1. The van der Waals surface area contributed by atoms with Crippen molar-refractivity contribution in [3.8, 4) is 6.07 Å². The number of halogens is 3. The van der Waals surface area contributed by atoms with Crippen LogP contribution >= 0.6 is 22.6 Å². The molecule has 0 saturated heterocycles. The molecule has 0 saturated carbocycles. The van der Waals surface area contributed by atoms with E-state index < -0.39 is 18.0 Å². The maximum Gasteiger partial charge on any atom is 0.340 e. The molecule has 0 amide bonds. The van der Waals surface area contributed by atoms with Gasteiger partial charge < -0.3 is 4.74 Å². The third-order valence-electron chi connectivity index (χ3n) is 1.90. The van der Waals surface area contributed by atoms with E-state index in [1.54, 1.807) is 35.6 Å². The Morgan fingerprint density at radius 3 is 2.82 bits per heavy atom. The summed E-state index contributed by atoms with van der Waals surface area (Å²) in [6.07, 6.45) is -1.93. The summed E-state index contributed by atoms with van der Waals surface area (Å²) < 4.78 is 30.5. The Morgan fingerprint density at radius 2 is 2.35 bits per heavy atom. The van der Waals surface area contributed by atoms with E-state index in [2.05, 4.69) is 9.72 Å². The van der Waals surface area contributed by atoms with E-state index in [1.807, 2.05) is 0 Å². The van der Waals surface area contributed by atoms with Crippen molar-refractivity contribution < 1.29 is 18.3 Å². The van der Waals surface area contributed by atoms with Crippen molar-refractivity contribution in [2.45, 2.75) is 13.3 Å². The summed E-state index contributed by atoms with van der Waals surface area (Å²) in [5.41, 5.74) is -1.27. The lowest BCUT2D eigenvalue weighted by Crippen LogP contribution is -2.12. The molecule has 0 N–H and O–H groups in total. The Bertz CT molecular complexity index is 486. The number of esters is 1. The van der Waals surface area contributed by atoms with Crippen LogP contribution in [0, 0.1) is 15.0 Å². The first kappa shape index (κ1) is 13.8. The van der Waals surface area contributed by atoms with E-state index in [0.29, 0.717) is 0 Å². The molecule has 1 heterocycles. The molecular formula is C10H7F2IN2O2. The number of ether oxygens (including phenoxy) is 1.